The van der Waals surface area contributed by atoms with Gasteiger partial charge in [-0.3, -0.25) is 19.2 Å². The summed E-state index contributed by atoms with van der Waals surface area (Å²) in [6.07, 6.45) is 0.793. The maximum absolute atomic E-state index is 14.8. The Kier molecular flexibility index (Phi) is 8.10. The van der Waals surface area contributed by atoms with Crippen molar-refractivity contribution in [2.75, 3.05) is 26.6 Å². The van der Waals surface area contributed by atoms with Crippen LogP contribution < -0.4 is 29.6 Å². The second kappa shape index (κ2) is 12.3. The largest absolute Gasteiger partial charge is 0.497 e. The Hall–Kier alpha value is -5.29. The highest BCUT2D eigenvalue weighted by Gasteiger charge is 2.63. The van der Waals surface area contributed by atoms with Crippen LogP contribution in [0.3, 0.4) is 0 Å². The topological polar surface area (TPSA) is 142 Å². The van der Waals surface area contributed by atoms with Crippen molar-refractivity contribution < 1.29 is 42.5 Å². The van der Waals surface area contributed by atoms with Gasteiger partial charge in [-0.05, 0) is 48.7 Å². The summed E-state index contributed by atoms with van der Waals surface area (Å²) in [4.78, 5) is 56.1. The Morgan fingerprint density at radius 1 is 0.980 bits per heavy atom. The number of halogens is 1. The molecule has 2 N–H and O–H groups in total. The molecule has 0 fully saturated rings. The molecule has 0 bridgehead atoms. The third kappa shape index (κ3) is 5.11. The van der Waals surface area contributed by atoms with E-state index in [0.717, 1.165) is 5.56 Å². The monoisotopic (exact) mass is 684 g/mol. The second-order valence-corrected chi connectivity index (χ2v) is 12.7. The van der Waals surface area contributed by atoms with Gasteiger partial charge in [0.25, 0.3) is 0 Å². The summed E-state index contributed by atoms with van der Waals surface area (Å²) in [7, 11) is 4.36. The number of Topliss-reactive ketones (excluding diaryl/α,β-unsaturated/α-hetero) is 2. The van der Waals surface area contributed by atoms with E-state index in [9.17, 15) is 19.2 Å². The summed E-state index contributed by atoms with van der Waals surface area (Å²) in [6.45, 7) is 1.73. The predicted octanol–water partition coefficient (Wildman–Crippen LogP) is 5.63. The molecule has 1 aliphatic carbocycles. The lowest BCUT2D eigenvalue weighted by atomic mass is 9.70. The molecule has 3 atom stereocenters. The summed E-state index contributed by atoms with van der Waals surface area (Å²) >= 11 is 6.62. The van der Waals surface area contributed by atoms with Crippen molar-refractivity contribution in [3.8, 4) is 34.3 Å². The molecule has 4 aromatic rings. The van der Waals surface area contributed by atoms with Gasteiger partial charge >= 0.3 is 0 Å². The minimum Gasteiger partial charge on any atom is -0.497 e. The third-order valence-electron chi connectivity index (χ3n) is 9.57. The van der Waals surface area contributed by atoms with Gasteiger partial charge in [0, 0.05) is 35.2 Å². The summed E-state index contributed by atoms with van der Waals surface area (Å²) in [5, 5.41) is 5.78. The molecule has 0 radical (unpaired) electrons. The fourth-order valence-electron chi connectivity index (χ4n) is 7.03. The van der Waals surface area contributed by atoms with Gasteiger partial charge in [-0.1, -0.05) is 36.7 Å². The van der Waals surface area contributed by atoms with Crippen LogP contribution in [0.25, 0.3) is 11.3 Å². The van der Waals surface area contributed by atoms with Gasteiger partial charge in [-0.25, -0.2) is 0 Å². The molecule has 49 heavy (non-hydrogen) atoms. The number of para-hydroxylation sites is 1. The number of benzene rings is 3. The van der Waals surface area contributed by atoms with E-state index < -0.39 is 35.0 Å². The van der Waals surface area contributed by atoms with E-state index in [-0.39, 0.29) is 57.7 Å². The summed E-state index contributed by atoms with van der Waals surface area (Å²) in [5.74, 6) is -1.22. The number of ether oxygens (including phenoxy) is 4. The molecule has 2 aliphatic heterocycles. The number of aryl methyl sites for hydroxylation is 1. The SMILES string of the molecule is COc1ccc(-c2oc3c(c2CC(=O)NC2CCc4ccccc4NC2=O)C(=O)[C@@]2(Oc4c(Cl)c(OC)cc(OC)c4C2=O)[C@H](C)C3)cc1. The van der Waals surface area contributed by atoms with E-state index in [0.29, 0.717) is 41.4 Å². The Bertz CT molecular complexity index is 2040. The van der Waals surface area contributed by atoms with Gasteiger partial charge in [0.1, 0.15) is 45.4 Å². The maximum atomic E-state index is 14.8. The number of nitrogens with one attached hydrogen (secondary N) is 2. The van der Waals surface area contributed by atoms with Crippen molar-refractivity contribution in [3.63, 3.8) is 0 Å². The lowest BCUT2D eigenvalue weighted by Crippen LogP contribution is -2.56. The molecular weight excluding hydrogens is 652 g/mol. The lowest BCUT2D eigenvalue weighted by Gasteiger charge is -2.35. The molecule has 252 valence electrons. The first-order valence-corrected chi connectivity index (χ1v) is 16.2. The van der Waals surface area contributed by atoms with Crippen LogP contribution in [0, 0.1) is 5.92 Å². The quantitative estimate of drug-likeness (QED) is 0.237. The number of ketones is 2. The Morgan fingerprint density at radius 2 is 1.69 bits per heavy atom. The van der Waals surface area contributed by atoms with Crippen molar-refractivity contribution in [3.05, 3.63) is 87.6 Å². The number of amides is 2. The van der Waals surface area contributed by atoms with Crippen LogP contribution in [0.4, 0.5) is 5.69 Å². The minimum atomic E-state index is -2.00. The van der Waals surface area contributed by atoms with Crippen LogP contribution >= 0.6 is 11.6 Å². The molecule has 12 heteroatoms. The Balaban J connectivity index is 1.28. The van der Waals surface area contributed by atoms with E-state index in [1.54, 1.807) is 38.3 Å². The molecule has 0 saturated carbocycles. The smallest absolute Gasteiger partial charge is 0.246 e. The van der Waals surface area contributed by atoms with Gasteiger partial charge in [-0.15, -0.1) is 0 Å². The molecule has 0 saturated heterocycles. The van der Waals surface area contributed by atoms with Crippen molar-refractivity contribution in [2.45, 2.75) is 44.2 Å². The lowest BCUT2D eigenvalue weighted by molar-refractivity contribution is -0.126. The van der Waals surface area contributed by atoms with E-state index in [2.05, 4.69) is 10.6 Å². The molecule has 3 heterocycles. The molecule has 11 nitrogen and oxygen atoms in total. The molecule has 1 unspecified atom stereocenters. The molecule has 1 spiro atoms. The molecule has 2 amide bonds. The highest BCUT2D eigenvalue weighted by atomic mass is 35.5. The summed E-state index contributed by atoms with van der Waals surface area (Å²) in [5.41, 5.74) is 0.658. The fraction of sp³-hybridized carbons (Fsp3) is 0.297. The molecule has 3 aliphatic rings. The number of fused-ring (bicyclic) bond motifs is 3. The average Bonchev–Trinajstić information content (AvgIpc) is 3.56. The Morgan fingerprint density at radius 3 is 2.41 bits per heavy atom. The molecular formula is C37H33ClN2O9. The fourth-order valence-corrected chi connectivity index (χ4v) is 7.30. The van der Waals surface area contributed by atoms with Crippen molar-refractivity contribution in [2.24, 2.45) is 5.92 Å². The van der Waals surface area contributed by atoms with Gasteiger partial charge in [0.05, 0.1) is 33.3 Å². The molecule has 1 aromatic heterocycles. The standard InChI is InChI=1S/C37H33ClN2O9/c1-18-15-26-29(34(42)37(18)35(43)30-25(46-3)17-27(47-4)31(38)33(30)49-37)22(32(48-26)20-9-12-21(45-2)13-10-20)16-28(41)39-24-14-11-19-7-5-6-8-23(19)40-36(24)44/h5-10,12-13,17-18,24H,11,14-16H2,1-4H3,(H,39,41)(H,40,44)/t18-,24?,37+/m1/s1. The zero-order chi connectivity index (χ0) is 34.6. The van der Waals surface area contributed by atoms with Crippen LogP contribution in [-0.2, 0) is 28.9 Å². The van der Waals surface area contributed by atoms with Crippen molar-refractivity contribution >= 4 is 40.7 Å². The normalized spacial score (nSPS) is 20.8. The maximum Gasteiger partial charge on any atom is 0.246 e. The zero-order valence-electron chi connectivity index (χ0n) is 27.2. The van der Waals surface area contributed by atoms with Gasteiger partial charge in [0.15, 0.2) is 5.75 Å². The average molecular weight is 685 g/mol. The van der Waals surface area contributed by atoms with Crippen LogP contribution in [-0.4, -0.2) is 56.4 Å². The van der Waals surface area contributed by atoms with Crippen LogP contribution in [0.15, 0.2) is 59.0 Å². The zero-order valence-corrected chi connectivity index (χ0v) is 28.0. The van der Waals surface area contributed by atoms with Crippen LogP contribution in [0.2, 0.25) is 5.02 Å². The van der Waals surface area contributed by atoms with Gasteiger partial charge in [-0.2, -0.15) is 0 Å². The third-order valence-corrected chi connectivity index (χ3v) is 9.93. The first kappa shape index (κ1) is 32.3. The predicted molar refractivity (Wildman–Crippen MR) is 179 cm³/mol. The number of furan rings is 1. The minimum absolute atomic E-state index is 0.00921. The van der Waals surface area contributed by atoms with Crippen molar-refractivity contribution in [1.29, 1.82) is 0 Å². The van der Waals surface area contributed by atoms with E-state index in [4.69, 9.17) is 35.0 Å². The number of rotatable bonds is 7. The van der Waals surface area contributed by atoms with Crippen LogP contribution in [0.1, 0.15) is 50.9 Å². The first-order chi connectivity index (χ1) is 23.6. The number of carbonyl (C=O) groups excluding carboxylic acids is 4. The molecule has 3 aromatic carbocycles. The number of anilines is 1. The highest BCUT2D eigenvalue weighted by molar-refractivity contribution is 6.36. The summed E-state index contributed by atoms with van der Waals surface area (Å²) in [6, 6.07) is 15.1. The second-order valence-electron chi connectivity index (χ2n) is 12.3. The number of hydrogen-bond acceptors (Lipinski definition) is 9. The number of hydrogen-bond donors (Lipinski definition) is 2. The van der Waals surface area contributed by atoms with E-state index in [1.807, 2.05) is 24.3 Å². The Labute approximate surface area is 286 Å². The van der Waals surface area contributed by atoms with E-state index >= 15 is 0 Å². The van der Waals surface area contributed by atoms with Crippen LogP contribution in [0.5, 0.6) is 23.0 Å². The van der Waals surface area contributed by atoms with Gasteiger partial charge < -0.3 is 34.0 Å². The number of methoxy groups -OCH3 is 3. The van der Waals surface area contributed by atoms with E-state index in [1.165, 1.54) is 20.3 Å². The highest BCUT2D eigenvalue weighted by Crippen LogP contribution is 2.54. The molecule has 7 rings (SSSR count). The van der Waals surface area contributed by atoms with Gasteiger partial charge in [0.2, 0.25) is 29.0 Å². The summed E-state index contributed by atoms with van der Waals surface area (Å²) < 4.78 is 28.9. The number of carbonyl (C=O) groups is 4. The first-order valence-electron chi connectivity index (χ1n) is 15.8. The van der Waals surface area contributed by atoms with Crippen molar-refractivity contribution in [1.82, 2.24) is 5.32 Å².